The van der Waals surface area contributed by atoms with E-state index in [2.05, 4.69) is 4.72 Å². The second-order valence-corrected chi connectivity index (χ2v) is 6.52. The summed E-state index contributed by atoms with van der Waals surface area (Å²) in [5.74, 6) is -1.12. The highest BCUT2D eigenvalue weighted by Gasteiger charge is 2.22. The van der Waals surface area contributed by atoms with E-state index in [-0.39, 0.29) is 22.3 Å². The molecule has 6 nitrogen and oxygen atoms in total. The number of benzene rings is 1. The van der Waals surface area contributed by atoms with Crippen molar-refractivity contribution in [3.8, 4) is 5.75 Å². The maximum absolute atomic E-state index is 12.3. The van der Waals surface area contributed by atoms with Crippen LogP contribution in [0.2, 0.25) is 0 Å². The fourth-order valence-corrected chi connectivity index (χ4v) is 3.35. The van der Waals surface area contributed by atoms with Crippen LogP contribution in [0.3, 0.4) is 0 Å². The van der Waals surface area contributed by atoms with Crippen molar-refractivity contribution in [2.24, 2.45) is 0 Å². The molecule has 0 saturated heterocycles. The van der Waals surface area contributed by atoms with Crippen molar-refractivity contribution in [1.29, 1.82) is 0 Å². The average molecular weight is 315 g/mol. The molecule has 1 atom stereocenters. The summed E-state index contributed by atoms with van der Waals surface area (Å²) in [4.78, 5) is 10.8. The lowest BCUT2D eigenvalue weighted by Crippen LogP contribution is -2.32. The van der Waals surface area contributed by atoms with Crippen molar-refractivity contribution in [1.82, 2.24) is 4.72 Å². The van der Waals surface area contributed by atoms with Gasteiger partial charge in [-0.15, -0.1) is 0 Å². The van der Waals surface area contributed by atoms with Crippen LogP contribution in [-0.4, -0.2) is 32.6 Å². The second kappa shape index (κ2) is 7.42. The van der Waals surface area contributed by atoms with Gasteiger partial charge < -0.3 is 9.84 Å². The molecule has 0 aliphatic carbocycles. The number of hydrogen-bond acceptors (Lipinski definition) is 4. The maximum atomic E-state index is 12.3. The van der Waals surface area contributed by atoms with E-state index in [1.54, 1.807) is 6.92 Å². The zero-order valence-corrected chi connectivity index (χ0v) is 13.2. The Morgan fingerprint density at radius 1 is 1.43 bits per heavy atom. The number of sulfonamides is 1. The van der Waals surface area contributed by atoms with E-state index in [0.29, 0.717) is 0 Å². The molecule has 2 N–H and O–H groups in total. The van der Waals surface area contributed by atoms with Crippen molar-refractivity contribution in [3.05, 3.63) is 23.8 Å². The number of methoxy groups -OCH3 is 1. The first-order chi connectivity index (χ1) is 9.81. The van der Waals surface area contributed by atoms with Gasteiger partial charge in [0.25, 0.3) is 0 Å². The van der Waals surface area contributed by atoms with Crippen LogP contribution in [0.1, 0.15) is 43.5 Å². The van der Waals surface area contributed by atoms with Crippen LogP contribution in [0.15, 0.2) is 23.1 Å². The predicted molar refractivity (Wildman–Crippen MR) is 79.3 cm³/mol. The Morgan fingerprint density at radius 2 is 2.10 bits per heavy atom. The molecular weight excluding hydrogens is 294 g/mol. The predicted octanol–water partition coefficient (Wildman–Crippen LogP) is 2.25. The summed E-state index contributed by atoms with van der Waals surface area (Å²) in [6.07, 6.45) is 2.66. The van der Waals surface area contributed by atoms with E-state index in [1.165, 1.54) is 25.3 Å². The number of rotatable bonds is 8. The van der Waals surface area contributed by atoms with Gasteiger partial charge in [-0.2, -0.15) is 0 Å². The smallest absolute Gasteiger partial charge is 0.335 e. The third-order valence-electron chi connectivity index (χ3n) is 3.05. The minimum absolute atomic E-state index is 0.0186. The largest absolute Gasteiger partial charge is 0.495 e. The van der Waals surface area contributed by atoms with Gasteiger partial charge in [0.15, 0.2) is 0 Å². The molecule has 21 heavy (non-hydrogen) atoms. The molecule has 1 rings (SSSR count). The fraction of sp³-hybridized carbons (Fsp3) is 0.500. The van der Waals surface area contributed by atoms with E-state index in [4.69, 9.17) is 9.84 Å². The van der Waals surface area contributed by atoms with Crippen LogP contribution in [0.5, 0.6) is 5.75 Å². The molecule has 118 valence electrons. The number of carbonyl (C=O) groups is 1. The highest BCUT2D eigenvalue weighted by Crippen LogP contribution is 2.25. The number of aromatic carboxylic acids is 1. The topological polar surface area (TPSA) is 92.7 Å². The number of nitrogens with one attached hydrogen (secondary N) is 1. The minimum atomic E-state index is -3.74. The summed E-state index contributed by atoms with van der Waals surface area (Å²) in [5, 5.41) is 8.92. The van der Waals surface area contributed by atoms with Gasteiger partial charge in [-0.1, -0.05) is 19.8 Å². The summed E-state index contributed by atoms with van der Waals surface area (Å²) in [6, 6.07) is 3.50. The van der Waals surface area contributed by atoms with E-state index in [9.17, 15) is 13.2 Å². The Hall–Kier alpha value is -1.60. The number of ether oxygens (including phenoxy) is 1. The first kappa shape index (κ1) is 17.5. The van der Waals surface area contributed by atoms with E-state index in [1.807, 2.05) is 6.92 Å². The van der Waals surface area contributed by atoms with Crippen molar-refractivity contribution in [3.63, 3.8) is 0 Å². The number of unbranched alkanes of at least 4 members (excludes halogenated alkanes) is 1. The molecule has 0 spiro atoms. The van der Waals surface area contributed by atoms with Gasteiger partial charge >= 0.3 is 5.97 Å². The molecule has 0 radical (unpaired) electrons. The maximum Gasteiger partial charge on any atom is 0.335 e. The van der Waals surface area contributed by atoms with Crippen molar-refractivity contribution in [2.45, 2.75) is 44.0 Å². The highest BCUT2D eigenvalue weighted by atomic mass is 32.2. The number of carboxylic acid groups (broad SMARTS) is 1. The van der Waals surface area contributed by atoms with Gasteiger partial charge in [-0.3, -0.25) is 0 Å². The van der Waals surface area contributed by atoms with Crippen LogP contribution in [-0.2, 0) is 10.0 Å². The molecule has 0 aromatic heterocycles. The van der Waals surface area contributed by atoms with Gasteiger partial charge in [0.05, 0.1) is 12.7 Å². The third kappa shape index (κ3) is 4.71. The summed E-state index contributed by atoms with van der Waals surface area (Å²) < 4.78 is 32.2. The fourth-order valence-electron chi connectivity index (χ4n) is 1.92. The van der Waals surface area contributed by atoms with Crippen LogP contribution >= 0.6 is 0 Å². The summed E-state index contributed by atoms with van der Waals surface area (Å²) in [5.41, 5.74) is -0.0233. The molecule has 0 aliphatic rings. The van der Waals surface area contributed by atoms with Crippen LogP contribution in [0, 0.1) is 0 Å². The molecular formula is C14H21NO5S. The second-order valence-electron chi connectivity index (χ2n) is 4.84. The average Bonchev–Trinajstić information content (AvgIpc) is 2.43. The zero-order chi connectivity index (χ0) is 16.0. The molecule has 7 heteroatoms. The summed E-state index contributed by atoms with van der Waals surface area (Å²) >= 11 is 0. The highest BCUT2D eigenvalue weighted by molar-refractivity contribution is 7.89. The minimum Gasteiger partial charge on any atom is -0.495 e. The monoisotopic (exact) mass is 315 g/mol. The number of hydrogen-bond donors (Lipinski definition) is 2. The van der Waals surface area contributed by atoms with Gasteiger partial charge in [0.1, 0.15) is 10.6 Å². The Morgan fingerprint density at radius 3 is 2.62 bits per heavy atom. The molecule has 1 aromatic rings. The van der Waals surface area contributed by atoms with Crippen LogP contribution in [0.25, 0.3) is 0 Å². The normalized spacial score (nSPS) is 12.9. The van der Waals surface area contributed by atoms with Gasteiger partial charge in [-0.05, 0) is 31.5 Å². The number of carboxylic acids is 1. The Balaban J connectivity index is 3.05. The van der Waals surface area contributed by atoms with Crippen LogP contribution in [0.4, 0.5) is 0 Å². The molecule has 0 heterocycles. The van der Waals surface area contributed by atoms with E-state index >= 15 is 0 Å². The molecule has 0 fully saturated rings. The van der Waals surface area contributed by atoms with Gasteiger partial charge in [0, 0.05) is 6.04 Å². The van der Waals surface area contributed by atoms with E-state index < -0.39 is 16.0 Å². The standard InChI is InChI=1S/C14H21NO5S/c1-4-5-6-10(2)15-21(18,19)13-8-7-11(14(16)17)9-12(13)20-3/h7-10,15H,4-6H2,1-3H3,(H,16,17). The lowest BCUT2D eigenvalue weighted by atomic mass is 10.2. The van der Waals surface area contributed by atoms with Crippen molar-refractivity contribution >= 4 is 16.0 Å². The summed E-state index contributed by atoms with van der Waals surface area (Å²) in [6.45, 7) is 3.83. The zero-order valence-electron chi connectivity index (χ0n) is 12.4. The van der Waals surface area contributed by atoms with Crippen LogP contribution < -0.4 is 9.46 Å². The lowest BCUT2D eigenvalue weighted by molar-refractivity contribution is 0.0696. The molecule has 0 amide bonds. The van der Waals surface area contributed by atoms with Crippen molar-refractivity contribution < 1.29 is 23.1 Å². The van der Waals surface area contributed by atoms with E-state index in [0.717, 1.165) is 19.3 Å². The van der Waals surface area contributed by atoms with Crippen molar-refractivity contribution in [2.75, 3.05) is 7.11 Å². The first-order valence-corrected chi connectivity index (χ1v) is 8.23. The Bertz CT molecular complexity index is 597. The Kier molecular flexibility index (Phi) is 6.17. The SMILES string of the molecule is CCCCC(C)NS(=O)(=O)c1ccc(C(=O)O)cc1OC. The lowest BCUT2D eigenvalue weighted by Gasteiger charge is -2.16. The quantitative estimate of drug-likeness (QED) is 0.767. The first-order valence-electron chi connectivity index (χ1n) is 6.75. The third-order valence-corrected chi connectivity index (χ3v) is 4.68. The summed E-state index contributed by atoms with van der Waals surface area (Å²) in [7, 11) is -2.44. The molecule has 1 aromatic carbocycles. The Labute approximate surface area is 125 Å². The van der Waals surface area contributed by atoms with Gasteiger partial charge in [0.2, 0.25) is 10.0 Å². The molecule has 0 saturated carbocycles. The van der Waals surface area contributed by atoms with Gasteiger partial charge in [-0.25, -0.2) is 17.9 Å². The molecule has 0 aliphatic heterocycles. The molecule has 0 bridgehead atoms. The molecule has 1 unspecified atom stereocenters.